The number of piperazine rings is 1. The topological polar surface area (TPSA) is 24.5 Å². The Morgan fingerprint density at radius 1 is 1.10 bits per heavy atom. The number of hydrogen-bond donors (Lipinski definition) is 1. The monoisotopic (exact) mass is 296 g/mol. The molecule has 2 rings (SSSR count). The molecule has 0 bridgehead atoms. The van der Waals surface area contributed by atoms with E-state index in [1.54, 1.807) is 0 Å². The number of hydrogen-bond acceptors (Lipinski definition) is 3. The summed E-state index contributed by atoms with van der Waals surface area (Å²) in [6, 6.07) is 1.44. The van der Waals surface area contributed by atoms with Gasteiger partial charge >= 0.3 is 0 Å². The minimum absolute atomic E-state index is 0.702. The Hall–Kier alpha value is -0.120. The summed E-state index contributed by atoms with van der Waals surface area (Å²) >= 11 is 0. The Labute approximate surface area is 131 Å². The highest BCUT2D eigenvalue weighted by Gasteiger charge is 2.36. The average molecular weight is 296 g/mol. The lowest BCUT2D eigenvalue weighted by atomic mass is 9.98. The van der Waals surface area contributed by atoms with Gasteiger partial charge in [0.15, 0.2) is 0 Å². The van der Waals surface area contributed by atoms with Gasteiger partial charge in [-0.25, -0.2) is 0 Å². The molecule has 2 aliphatic rings. The number of ether oxygens (including phenoxy) is 1. The van der Waals surface area contributed by atoms with Gasteiger partial charge in [-0.1, -0.05) is 27.7 Å². The maximum absolute atomic E-state index is 5.85. The van der Waals surface area contributed by atoms with E-state index in [1.165, 1.54) is 38.8 Å². The molecule has 0 spiro atoms. The summed E-state index contributed by atoms with van der Waals surface area (Å²) in [6.07, 6.45) is 5.36. The van der Waals surface area contributed by atoms with Crippen molar-refractivity contribution in [1.29, 1.82) is 0 Å². The van der Waals surface area contributed by atoms with Crippen LogP contribution in [0.5, 0.6) is 0 Å². The molecule has 1 saturated heterocycles. The van der Waals surface area contributed by atoms with Crippen molar-refractivity contribution in [1.82, 2.24) is 10.2 Å². The van der Waals surface area contributed by atoms with Gasteiger partial charge in [0.1, 0.15) is 0 Å². The summed E-state index contributed by atoms with van der Waals surface area (Å²) in [5.41, 5.74) is 0. The number of rotatable bonds is 9. The summed E-state index contributed by atoms with van der Waals surface area (Å²) in [4.78, 5) is 2.70. The molecule has 2 unspecified atom stereocenters. The van der Waals surface area contributed by atoms with Crippen LogP contribution in [-0.4, -0.2) is 49.8 Å². The quantitative estimate of drug-likeness (QED) is 0.662. The van der Waals surface area contributed by atoms with E-state index in [-0.39, 0.29) is 0 Å². The maximum atomic E-state index is 5.85. The van der Waals surface area contributed by atoms with Gasteiger partial charge in [0.05, 0.1) is 6.61 Å². The Bertz CT molecular complexity index is 289. The molecule has 0 amide bonds. The third-order valence-corrected chi connectivity index (χ3v) is 4.86. The van der Waals surface area contributed by atoms with Crippen LogP contribution in [0.2, 0.25) is 0 Å². The van der Waals surface area contributed by atoms with Crippen LogP contribution in [-0.2, 0) is 4.74 Å². The minimum Gasteiger partial charge on any atom is -0.380 e. The first-order valence-corrected chi connectivity index (χ1v) is 9.11. The van der Waals surface area contributed by atoms with E-state index >= 15 is 0 Å². The van der Waals surface area contributed by atoms with Gasteiger partial charge in [0.25, 0.3) is 0 Å². The molecule has 0 aromatic rings. The van der Waals surface area contributed by atoms with Crippen molar-refractivity contribution >= 4 is 0 Å². The summed E-state index contributed by atoms with van der Waals surface area (Å²) in [5, 5.41) is 3.80. The highest BCUT2D eigenvalue weighted by molar-refractivity contribution is 4.94. The third-order valence-electron chi connectivity index (χ3n) is 4.86. The van der Waals surface area contributed by atoms with Gasteiger partial charge in [-0.3, -0.25) is 4.90 Å². The van der Waals surface area contributed by atoms with Crippen molar-refractivity contribution in [2.24, 2.45) is 17.8 Å². The van der Waals surface area contributed by atoms with Gasteiger partial charge in [-0.05, 0) is 43.4 Å². The Morgan fingerprint density at radius 2 is 1.86 bits per heavy atom. The second kappa shape index (κ2) is 8.50. The van der Waals surface area contributed by atoms with E-state index in [9.17, 15) is 0 Å². The largest absolute Gasteiger partial charge is 0.380 e. The van der Waals surface area contributed by atoms with Crippen LogP contribution < -0.4 is 5.32 Å². The molecular weight excluding hydrogens is 260 g/mol. The van der Waals surface area contributed by atoms with Crippen LogP contribution in [0.3, 0.4) is 0 Å². The van der Waals surface area contributed by atoms with Gasteiger partial charge < -0.3 is 10.1 Å². The first-order valence-electron chi connectivity index (χ1n) is 9.11. The first kappa shape index (κ1) is 17.2. The Kier molecular flexibility index (Phi) is 6.97. The molecule has 1 aliphatic carbocycles. The average Bonchev–Trinajstić information content (AvgIpc) is 3.23. The molecule has 3 nitrogen and oxygen atoms in total. The second-order valence-electron chi connectivity index (χ2n) is 7.93. The molecule has 1 aliphatic heterocycles. The van der Waals surface area contributed by atoms with Crippen molar-refractivity contribution < 1.29 is 4.74 Å². The van der Waals surface area contributed by atoms with Crippen molar-refractivity contribution in [3.63, 3.8) is 0 Å². The second-order valence-corrected chi connectivity index (χ2v) is 7.93. The third kappa shape index (κ3) is 6.25. The zero-order chi connectivity index (χ0) is 15.2. The predicted octanol–water partition coefficient (Wildman–Crippen LogP) is 3.15. The Morgan fingerprint density at radius 3 is 2.48 bits per heavy atom. The van der Waals surface area contributed by atoms with E-state index in [0.717, 1.165) is 43.6 Å². The van der Waals surface area contributed by atoms with E-state index in [1.807, 2.05) is 0 Å². The lowest BCUT2D eigenvalue weighted by Crippen LogP contribution is -2.58. The fraction of sp³-hybridized carbons (Fsp3) is 1.00. The fourth-order valence-corrected chi connectivity index (χ4v) is 3.35. The molecule has 2 atom stereocenters. The van der Waals surface area contributed by atoms with Gasteiger partial charge in [0.2, 0.25) is 0 Å². The zero-order valence-corrected chi connectivity index (χ0v) is 14.6. The number of nitrogens with zero attached hydrogens (tertiary/aromatic N) is 1. The predicted molar refractivity (Wildman–Crippen MR) is 89.6 cm³/mol. The van der Waals surface area contributed by atoms with Crippen molar-refractivity contribution in [2.75, 3.05) is 32.8 Å². The van der Waals surface area contributed by atoms with Crippen LogP contribution in [0.1, 0.15) is 53.4 Å². The van der Waals surface area contributed by atoms with Gasteiger partial charge in [-0.15, -0.1) is 0 Å². The SMILES string of the molecule is CC(C)CCOCCN1CC(C2CC2)NCC1CC(C)C. The minimum atomic E-state index is 0.702. The molecule has 21 heavy (non-hydrogen) atoms. The van der Waals surface area contributed by atoms with Crippen LogP contribution in [0.25, 0.3) is 0 Å². The highest BCUT2D eigenvalue weighted by atomic mass is 16.5. The van der Waals surface area contributed by atoms with Crippen LogP contribution in [0.15, 0.2) is 0 Å². The molecule has 0 aromatic heterocycles. The molecule has 3 heteroatoms. The molecule has 2 fully saturated rings. The zero-order valence-electron chi connectivity index (χ0n) is 14.6. The Balaban J connectivity index is 1.73. The lowest BCUT2D eigenvalue weighted by molar-refractivity contribution is 0.0525. The summed E-state index contributed by atoms with van der Waals surface area (Å²) in [6.45, 7) is 14.5. The summed E-state index contributed by atoms with van der Waals surface area (Å²) < 4.78 is 5.85. The first-order chi connectivity index (χ1) is 10.1. The van der Waals surface area contributed by atoms with Crippen LogP contribution in [0, 0.1) is 17.8 Å². The fourth-order valence-electron chi connectivity index (χ4n) is 3.35. The maximum Gasteiger partial charge on any atom is 0.0593 e. The summed E-state index contributed by atoms with van der Waals surface area (Å²) in [7, 11) is 0. The van der Waals surface area contributed by atoms with Crippen LogP contribution in [0.4, 0.5) is 0 Å². The van der Waals surface area contributed by atoms with E-state index in [0.29, 0.717) is 6.04 Å². The molecule has 0 aromatic carbocycles. The van der Waals surface area contributed by atoms with Crippen LogP contribution >= 0.6 is 0 Å². The molecule has 0 radical (unpaired) electrons. The van der Waals surface area contributed by atoms with E-state index < -0.39 is 0 Å². The molecule has 1 heterocycles. The number of nitrogens with one attached hydrogen (secondary N) is 1. The normalized spacial score (nSPS) is 27.7. The van der Waals surface area contributed by atoms with Crippen molar-refractivity contribution in [2.45, 2.75) is 65.5 Å². The van der Waals surface area contributed by atoms with Crippen molar-refractivity contribution in [3.05, 3.63) is 0 Å². The smallest absolute Gasteiger partial charge is 0.0593 e. The molecule has 1 N–H and O–H groups in total. The van der Waals surface area contributed by atoms with E-state index in [2.05, 4.69) is 37.9 Å². The van der Waals surface area contributed by atoms with Gasteiger partial charge in [-0.2, -0.15) is 0 Å². The standard InChI is InChI=1S/C18H36N2O/c1-14(2)7-9-21-10-8-20-13-18(16-5-6-16)19-12-17(20)11-15(3)4/h14-19H,5-13H2,1-4H3. The molecule has 1 saturated carbocycles. The van der Waals surface area contributed by atoms with E-state index in [4.69, 9.17) is 4.74 Å². The van der Waals surface area contributed by atoms with Crippen molar-refractivity contribution in [3.8, 4) is 0 Å². The molecular formula is C18H36N2O. The molecule has 124 valence electrons. The van der Waals surface area contributed by atoms with Gasteiger partial charge in [0, 0.05) is 38.3 Å². The lowest BCUT2D eigenvalue weighted by Gasteiger charge is -2.41. The summed E-state index contributed by atoms with van der Waals surface area (Å²) in [5.74, 6) is 2.48. The highest BCUT2D eigenvalue weighted by Crippen LogP contribution is 2.34.